The third-order valence-electron chi connectivity index (χ3n) is 3.20. The largest absolute Gasteiger partial charge is 0.384 e. The quantitative estimate of drug-likeness (QED) is 0.831. The fourth-order valence-electron chi connectivity index (χ4n) is 2.57. The molecule has 0 atom stereocenters. The van der Waals surface area contributed by atoms with Crippen LogP contribution in [0.25, 0.3) is 5.69 Å². The van der Waals surface area contributed by atoms with Gasteiger partial charge in [-0.25, -0.2) is 0 Å². The predicted molar refractivity (Wildman–Crippen MR) is 73.8 cm³/mol. The van der Waals surface area contributed by atoms with Crippen molar-refractivity contribution in [1.29, 1.82) is 5.26 Å². The molecular formula is C15H17N3. The first-order valence-electron chi connectivity index (χ1n) is 5.92. The van der Waals surface area contributed by atoms with Crippen molar-refractivity contribution in [2.45, 2.75) is 27.7 Å². The van der Waals surface area contributed by atoms with E-state index in [1.807, 2.05) is 17.6 Å². The molecule has 0 saturated carbocycles. The zero-order valence-corrected chi connectivity index (χ0v) is 11.2. The van der Waals surface area contributed by atoms with Gasteiger partial charge in [-0.1, -0.05) is 17.7 Å². The van der Waals surface area contributed by atoms with E-state index < -0.39 is 0 Å². The Hall–Kier alpha value is -2.21. The van der Waals surface area contributed by atoms with Crippen LogP contribution in [0.1, 0.15) is 27.9 Å². The van der Waals surface area contributed by atoms with E-state index in [1.165, 1.54) is 16.7 Å². The summed E-state index contributed by atoms with van der Waals surface area (Å²) in [4.78, 5) is 0. The van der Waals surface area contributed by atoms with E-state index in [4.69, 9.17) is 11.0 Å². The number of rotatable bonds is 1. The van der Waals surface area contributed by atoms with Crippen LogP contribution in [0.3, 0.4) is 0 Å². The molecule has 0 spiro atoms. The molecule has 3 heteroatoms. The number of benzene rings is 1. The highest BCUT2D eigenvalue weighted by Crippen LogP contribution is 2.28. The number of nitrogens with zero attached hydrogens (tertiary/aromatic N) is 2. The lowest BCUT2D eigenvalue weighted by atomic mass is 10.0. The van der Waals surface area contributed by atoms with Gasteiger partial charge in [-0.2, -0.15) is 5.26 Å². The van der Waals surface area contributed by atoms with E-state index in [9.17, 15) is 0 Å². The van der Waals surface area contributed by atoms with Gasteiger partial charge in [0.2, 0.25) is 0 Å². The number of nitriles is 1. The Bertz CT molecular complexity index is 634. The summed E-state index contributed by atoms with van der Waals surface area (Å²) in [5.41, 5.74) is 12.2. The average molecular weight is 239 g/mol. The second-order valence-corrected chi connectivity index (χ2v) is 4.78. The first kappa shape index (κ1) is 12.3. The van der Waals surface area contributed by atoms with Crippen molar-refractivity contribution < 1.29 is 0 Å². The van der Waals surface area contributed by atoms with E-state index in [0.717, 1.165) is 11.4 Å². The summed E-state index contributed by atoms with van der Waals surface area (Å²) < 4.78 is 1.96. The highest BCUT2D eigenvalue weighted by atomic mass is 15.1. The average Bonchev–Trinajstić information content (AvgIpc) is 2.55. The van der Waals surface area contributed by atoms with Crippen LogP contribution in [0.2, 0.25) is 0 Å². The molecule has 1 heterocycles. The molecule has 18 heavy (non-hydrogen) atoms. The molecule has 2 aromatic rings. The van der Waals surface area contributed by atoms with Gasteiger partial charge in [-0.05, 0) is 44.9 Å². The summed E-state index contributed by atoms with van der Waals surface area (Å²) in [7, 11) is 0. The van der Waals surface area contributed by atoms with Gasteiger partial charge in [0, 0.05) is 5.69 Å². The van der Waals surface area contributed by atoms with Gasteiger partial charge >= 0.3 is 0 Å². The van der Waals surface area contributed by atoms with Gasteiger partial charge in [0.05, 0.1) is 11.3 Å². The molecule has 1 aromatic carbocycles. The maximum Gasteiger partial charge on any atom is 0.126 e. The van der Waals surface area contributed by atoms with Crippen LogP contribution in [0.5, 0.6) is 0 Å². The first-order chi connectivity index (χ1) is 8.45. The molecule has 0 unspecified atom stereocenters. The number of hydrogen-bond acceptors (Lipinski definition) is 2. The van der Waals surface area contributed by atoms with Crippen LogP contribution in [-0.2, 0) is 0 Å². The number of aryl methyl sites for hydroxylation is 4. The molecule has 2 rings (SSSR count). The minimum absolute atomic E-state index is 0.519. The van der Waals surface area contributed by atoms with Crippen LogP contribution < -0.4 is 5.73 Å². The fraction of sp³-hybridized carbons (Fsp3) is 0.267. The zero-order chi connectivity index (χ0) is 13.4. The lowest BCUT2D eigenvalue weighted by molar-refractivity contribution is 0.995. The van der Waals surface area contributed by atoms with Crippen molar-refractivity contribution in [3.8, 4) is 11.8 Å². The Kier molecular flexibility index (Phi) is 2.88. The van der Waals surface area contributed by atoms with Gasteiger partial charge in [-0.15, -0.1) is 0 Å². The third-order valence-corrected chi connectivity index (χ3v) is 3.20. The second-order valence-electron chi connectivity index (χ2n) is 4.78. The Morgan fingerprint density at radius 1 is 1.06 bits per heavy atom. The summed E-state index contributed by atoms with van der Waals surface area (Å²) in [6.07, 6.45) is 0. The van der Waals surface area contributed by atoms with E-state index >= 15 is 0 Å². The third kappa shape index (κ3) is 1.76. The molecule has 0 aliphatic carbocycles. The number of aromatic nitrogens is 1. The van der Waals surface area contributed by atoms with Gasteiger partial charge in [0.15, 0.2) is 0 Å². The summed E-state index contributed by atoms with van der Waals surface area (Å²) in [5, 5.41) is 9.04. The Balaban J connectivity index is 2.78. The molecular weight excluding hydrogens is 222 g/mol. The molecule has 0 aliphatic rings. The van der Waals surface area contributed by atoms with E-state index in [-0.39, 0.29) is 0 Å². The molecule has 0 amide bonds. The van der Waals surface area contributed by atoms with Crippen molar-refractivity contribution in [3.05, 3.63) is 46.1 Å². The standard InChI is InChI=1S/C15H17N3/c1-9-5-10(2)14(11(3)6-9)18-12(4)7-13(8-16)15(18)17/h5-7H,17H2,1-4H3. The maximum atomic E-state index is 9.04. The molecule has 3 nitrogen and oxygen atoms in total. The number of nitrogens with two attached hydrogens (primary N) is 1. The summed E-state index contributed by atoms with van der Waals surface area (Å²) >= 11 is 0. The monoisotopic (exact) mass is 239 g/mol. The Morgan fingerprint density at radius 2 is 1.61 bits per heavy atom. The van der Waals surface area contributed by atoms with Crippen LogP contribution in [-0.4, -0.2) is 4.57 Å². The molecule has 92 valence electrons. The van der Waals surface area contributed by atoms with Crippen molar-refractivity contribution in [2.24, 2.45) is 0 Å². The van der Waals surface area contributed by atoms with Crippen LogP contribution >= 0.6 is 0 Å². The zero-order valence-electron chi connectivity index (χ0n) is 11.2. The number of anilines is 1. The SMILES string of the molecule is Cc1cc(C)c(-n2c(C)cc(C#N)c2N)c(C)c1. The normalized spacial score (nSPS) is 10.4. The van der Waals surface area contributed by atoms with Gasteiger partial charge < -0.3 is 5.73 Å². The van der Waals surface area contributed by atoms with E-state index in [0.29, 0.717) is 11.4 Å². The highest BCUT2D eigenvalue weighted by Gasteiger charge is 2.14. The number of hydrogen-bond donors (Lipinski definition) is 1. The van der Waals surface area contributed by atoms with Crippen molar-refractivity contribution in [3.63, 3.8) is 0 Å². The number of nitrogen functional groups attached to an aromatic ring is 1. The summed E-state index contributed by atoms with van der Waals surface area (Å²) in [5.74, 6) is 0.519. The molecule has 0 aliphatic heterocycles. The summed E-state index contributed by atoms with van der Waals surface area (Å²) in [6, 6.07) is 8.22. The molecule has 0 radical (unpaired) electrons. The summed E-state index contributed by atoms with van der Waals surface area (Å²) in [6.45, 7) is 8.19. The van der Waals surface area contributed by atoms with E-state index in [2.05, 4.69) is 39.0 Å². The molecule has 2 N–H and O–H groups in total. The van der Waals surface area contributed by atoms with E-state index in [1.54, 1.807) is 0 Å². The van der Waals surface area contributed by atoms with Crippen LogP contribution in [0, 0.1) is 39.0 Å². The van der Waals surface area contributed by atoms with Gasteiger partial charge in [0.1, 0.15) is 11.9 Å². The van der Waals surface area contributed by atoms with Crippen molar-refractivity contribution in [1.82, 2.24) is 4.57 Å². The predicted octanol–water partition coefficient (Wildman–Crippen LogP) is 3.16. The maximum absolute atomic E-state index is 9.04. The lowest BCUT2D eigenvalue weighted by Gasteiger charge is -2.16. The molecule has 0 fully saturated rings. The lowest BCUT2D eigenvalue weighted by Crippen LogP contribution is -2.06. The molecule has 1 aromatic heterocycles. The molecule has 0 bridgehead atoms. The molecule has 0 saturated heterocycles. The van der Waals surface area contributed by atoms with Crippen molar-refractivity contribution in [2.75, 3.05) is 5.73 Å². The minimum atomic E-state index is 0.519. The first-order valence-corrected chi connectivity index (χ1v) is 5.92. The second kappa shape index (κ2) is 4.23. The van der Waals surface area contributed by atoms with Gasteiger partial charge in [0.25, 0.3) is 0 Å². The van der Waals surface area contributed by atoms with Crippen molar-refractivity contribution >= 4 is 5.82 Å². The Labute approximate surface area is 107 Å². The fourth-order valence-corrected chi connectivity index (χ4v) is 2.57. The Morgan fingerprint density at radius 3 is 2.06 bits per heavy atom. The van der Waals surface area contributed by atoms with Crippen LogP contribution in [0.15, 0.2) is 18.2 Å². The van der Waals surface area contributed by atoms with Gasteiger partial charge in [-0.3, -0.25) is 4.57 Å². The highest BCUT2D eigenvalue weighted by molar-refractivity contribution is 5.61. The minimum Gasteiger partial charge on any atom is -0.384 e. The van der Waals surface area contributed by atoms with Crippen LogP contribution in [0.4, 0.5) is 5.82 Å². The topological polar surface area (TPSA) is 54.7 Å². The smallest absolute Gasteiger partial charge is 0.126 e.